The van der Waals surface area contributed by atoms with Gasteiger partial charge in [-0.2, -0.15) is 0 Å². The van der Waals surface area contributed by atoms with Crippen LogP contribution in [-0.4, -0.2) is 5.78 Å². The summed E-state index contributed by atoms with van der Waals surface area (Å²) < 4.78 is 0. The SMILES string of the molecule is CC1CC(=O)CCC12CCCC2. The molecule has 1 unspecified atom stereocenters. The topological polar surface area (TPSA) is 17.1 Å². The maximum absolute atomic E-state index is 11.2. The molecule has 1 nitrogen and oxygen atoms in total. The molecule has 1 atom stereocenters. The van der Waals surface area contributed by atoms with Crippen molar-refractivity contribution in [3.63, 3.8) is 0 Å². The number of carbonyl (C=O) groups excluding carboxylic acids is 1. The molecule has 0 radical (unpaired) electrons. The third-order valence-corrected chi connectivity index (χ3v) is 4.08. The average molecular weight is 166 g/mol. The highest BCUT2D eigenvalue weighted by Crippen LogP contribution is 2.51. The number of carbonyl (C=O) groups is 1. The lowest BCUT2D eigenvalue weighted by molar-refractivity contribution is -0.124. The molecular weight excluding hydrogens is 148 g/mol. The molecule has 0 heterocycles. The summed E-state index contributed by atoms with van der Waals surface area (Å²) in [7, 11) is 0. The normalized spacial score (nSPS) is 34.4. The van der Waals surface area contributed by atoms with Crippen molar-refractivity contribution < 1.29 is 4.79 Å². The molecule has 0 aromatic heterocycles. The molecule has 0 aliphatic heterocycles. The van der Waals surface area contributed by atoms with Gasteiger partial charge in [0.05, 0.1) is 0 Å². The van der Waals surface area contributed by atoms with Crippen molar-refractivity contribution >= 4 is 5.78 Å². The Labute approximate surface area is 74.5 Å². The van der Waals surface area contributed by atoms with E-state index in [0.29, 0.717) is 17.1 Å². The standard InChI is InChI=1S/C11H18O/c1-9-8-10(12)4-7-11(9)5-2-3-6-11/h9H,2-8H2,1H3. The Bertz CT molecular complexity index is 189. The average Bonchev–Trinajstić information content (AvgIpc) is 2.48. The lowest BCUT2D eigenvalue weighted by atomic mass is 9.66. The molecule has 2 fully saturated rings. The first-order valence-electron chi connectivity index (χ1n) is 5.25. The predicted molar refractivity (Wildman–Crippen MR) is 48.9 cm³/mol. The highest BCUT2D eigenvalue weighted by atomic mass is 16.1. The molecular formula is C11H18O. The third kappa shape index (κ3) is 1.19. The molecule has 2 saturated carbocycles. The van der Waals surface area contributed by atoms with Gasteiger partial charge in [-0.1, -0.05) is 19.8 Å². The van der Waals surface area contributed by atoms with Crippen molar-refractivity contribution in [1.82, 2.24) is 0 Å². The first-order chi connectivity index (χ1) is 5.73. The van der Waals surface area contributed by atoms with Crippen LogP contribution in [0.2, 0.25) is 0 Å². The Morgan fingerprint density at radius 3 is 2.50 bits per heavy atom. The van der Waals surface area contributed by atoms with E-state index in [2.05, 4.69) is 6.92 Å². The van der Waals surface area contributed by atoms with E-state index in [1.54, 1.807) is 0 Å². The number of rotatable bonds is 0. The molecule has 68 valence electrons. The van der Waals surface area contributed by atoms with Gasteiger partial charge in [-0.15, -0.1) is 0 Å². The van der Waals surface area contributed by atoms with E-state index in [1.165, 1.54) is 32.1 Å². The highest BCUT2D eigenvalue weighted by Gasteiger charge is 2.42. The van der Waals surface area contributed by atoms with E-state index < -0.39 is 0 Å². The van der Waals surface area contributed by atoms with Gasteiger partial charge in [0.15, 0.2) is 0 Å². The minimum absolute atomic E-state index is 0.500. The van der Waals surface area contributed by atoms with Crippen LogP contribution in [0.5, 0.6) is 0 Å². The monoisotopic (exact) mass is 166 g/mol. The van der Waals surface area contributed by atoms with Crippen LogP contribution >= 0.6 is 0 Å². The maximum atomic E-state index is 11.2. The van der Waals surface area contributed by atoms with Gasteiger partial charge in [-0.3, -0.25) is 4.79 Å². The molecule has 0 aromatic carbocycles. The van der Waals surface area contributed by atoms with Crippen LogP contribution in [-0.2, 0) is 4.79 Å². The second-order valence-electron chi connectivity index (χ2n) is 4.71. The molecule has 0 N–H and O–H groups in total. The molecule has 0 amide bonds. The van der Waals surface area contributed by atoms with E-state index >= 15 is 0 Å². The van der Waals surface area contributed by atoms with Crippen molar-refractivity contribution in [3.05, 3.63) is 0 Å². The summed E-state index contributed by atoms with van der Waals surface area (Å²) in [4.78, 5) is 11.2. The summed E-state index contributed by atoms with van der Waals surface area (Å²) in [6.07, 6.45) is 8.50. The van der Waals surface area contributed by atoms with Gasteiger partial charge in [0, 0.05) is 12.8 Å². The smallest absolute Gasteiger partial charge is 0.133 e. The largest absolute Gasteiger partial charge is 0.300 e. The molecule has 2 rings (SSSR count). The summed E-state index contributed by atoms with van der Waals surface area (Å²) in [6, 6.07) is 0. The summed E-state index contributed by atoms with van der Waals surface area (Å²) in [5.41, 5.74) is 0.591. The minimum Gasteiger partial charge on any atom is -0.300 e. The zero-order valence-electron chi connectivity index (χ0n) is 7.94. The molecule has 2 aliphatic rings. The van der Waals surface area contributed by atoms with Crippen LogP contribution in [0, 0.1) is 11.3 Å². The summed E-state index contributed by atoms with van der Waals surface area (Å²) in [5, 5.41) is 0. The van der Waals surface area contributed by atoms with Gasteiger partial charge in [-0.05, 0) is 30.6 Å². The summed E-state index contributed by atoms with van der Waals surface area (Å²) >= 11 is 0. The van der Waals surface area contributed by atoms with Gasteiger partial charge >= 0.3 is 0 Å². The Morgan fingerprint density at radius 1 is 1.25 bits per heavy atom. The van der Waals surface area contributed by atoms with Crippen LogP contribution in [0.4, 0.5) is 0 Å². The highest BCUT2D eigenvalue weighted by molar-refractivity contribution is 5.79. The fourth-order valence-corrected chi connectivity index (χ4v) is 3.12. The van der Waals surface area contributed by atoms with Crippen molar-refractivity contribution in [2.45, 2.75) is 51.9 Å². The van der Waals surface area contributed by atoms with Gasteiger partial charge in [0.1, 0.15) is 5.78 Å². The van der Waals surface area contributed by atoms with Crippen molar-refractivity contribution in [1.29, 1.82) is 0 Å². The fourth-order valence-electron chi connectivity index (χ4n) is 3.12. The lowest BCUT2D eigenvalue weighted by Gasteiger charge is -2.38. The first-order valence-corrected chi connectivity index (χ1v) is 5.25. The molecule has 2 aliphatic carbocycles. The maximum Gasteiger partial charge on any atom is 0.133 e. The van der Waals surface area contributed by atoms with E-state index in [9.17, 15) is 4.79 Å². The van der Waals surface area contributed by atoms with Crippen molar-refractivity contribution in [2.75, 3.05) is 0 Å². The van der Waals surface area contributed by atoms with Crippen LogP contribution in [0.25, 0.3) is 0 Å². The number of ketones is 1. The zero-order valence-corrected chi connectivity index (χ0v) is 7.94. The van der Waals surface area contributed by atoms with Gasteiger partial charge < -0.3 is 0 Å². The Hall–Kier alpha value is -0.330. The first kappa shape index (κ1) is 8.28. The van der Waals surface area contributed by atoms with E-state index in [1.807, 2.05) is 0 Å². The number of hydrogen-bond donors (Lipinski definition) is 0. The molecule has 12 heavy (non-hydrogen) atoms. The molecule has 0 aromatic rings. The van der Waals surface area contributed by atoms with Gasteiger partial charge in [-0.25, -0.2) is 0 Å². The molecule has 0 bridgehead atoms. The third-order valence-electron chi connectivity index (χ3n) is 4.08. The number of Topliss-reactive ketones (excluding diaryl/α,β-unsaturated/α-hetero) is 1. The Balaban J connectivity index is 2.10. The Kier molecular flexibility index (Phi) is 1.97. The van der Waals surface area contributed by atoms with Crippen molar-refractivity contribution in [3.8, 4) is 0 Å². The van der Waals surface area contributed by atoms with Gasteiger partial charge in [0.2, 0.25) is 0 Å². The molecule has 1 spiro atoms. The molecule has 1 heteroatoms. The van der Waals surface area contributed by atoms with Crippen molar-refractivity contribution in [2.24, 2.45) is 11.3 Å². The second kappa shape index (κ2) is 2.86. The predicted octanol–water partition coefficient (Wildman–Crippen LogP) is 2.94. The fraction of sp³-hybridized carbons (Fsp3) is 0.909. The zero-order chi connectivity index (χ0) is 8.60. The van der Waals surface area contributed by atoms with Crippen LogP contribution in [0.15, 0.2) is 0 Å². The van der Waals surface area contributed by atoms with E-state index in [0.717, 1.165) is 12.8 Å². The summed E-state index contributed by atoms with van der Waals surface area (Å²) in [6.45, 7) is 2.28. The minimum atomic E-state index is 0.500. The second-order valence-corrected chi connectivity index (χ2v) is 4.71. The molecule has 0 saturated heterocycles. The van der Waals surface area contributed by atoms with E-state index in [4.69, 9.17) is 0 Å². The quantitative estimate of drug-likeness (QED) is 0.540. The van der Waals surface area contributed by atoms with Crippen LogP contribution < -0.4 is 0 Å². The lowest BCUT2D eigenvalue weighted by Crippen LogP contribution is -2.32. The Morgan fingerprint density at radius 2 is 1.92 bits per heavy atom. The van der Waals surface area contributed by atoms with Crippen LogP contribution in [0.3, 0.4) is 0 Å². The summed E-state index contributed by atoms with van der Waals surface area (Å²) in [5.74, 6) is 1.17. The number of hydrogen-bond acceptors (Lipinski definition) is 1. The van der Waals surface area contributed by atoms with Gasteiger partial charge in [0.25, 0.3) is 0 Å². The van der Waals surface area contributed by atoms with E-state index in [-0.39, 0.29) is 0 Å². The van der Waals surface area contributed by atoms with Crippen LogP contribution in [0.1, 0.15) is 51.9 Å².